The number of H-pyrrole nitrogens is 2. The topological polar surface area (TPSA) is 98.4 Å². The van der Waals surface area contributed by atoms with Gasteiger partial charge in [-0.1, -0.05) is 6.92 Å². The first-order chi connectivity index (χ1) is 16.8. The summed E-state index contributed by atoms with van der Waals surface area (Å²) in [4.78, 5) is 19.6. The van der Waals surface area contributed by atoms with E-state index in [2.05, 4.69) is 65.5 Å². The van der Waals surface area contributed by atoms with Crippen molar-refractivity contribution in [2.24, 2.45) is 0 Å². The van der Waals surface area contributed by atoms with Crippen LogP contribution in [0, 0.1) is 0 Å². The molecule has 5 aromatic rings. The fourth-order valence-corrected chi connectivity index (χ4v) is 4.82. The summed E-state index contributed by atoms with van der Waals surface area (Å²) in [6.45, 7) is 5.99. The molecule has 6 heterocycles. The summed E-state index contributed by atoms with van der Waals surface area (Å²) in [6, 6.07) is 6.44. The Morgan fingerprint density at radius 2 is 1.79 bits per heavy atom. The van der Waals surface area contributed by atoms with Crippen molar-refractivity contribution < 1.29 is 0 Å². The highest BCUT2D eigenvalue weighted by atomic mass is 15.1. The number of hydrogen-bond donors (Lipinski definition) is 3. The lowest BCUT2D eigenvalue weighted by Gasteiger charge is -2.28. The van der Waals surface area contributed by atoms with Crippen molar-refractivity contribution in [1.82, 2.24) is 35.5 Å². The average molecular weight is 453 g/mol. The highest BCUT2D eigenvalue weighted by Gasteiger charge is 2.18. The number of fused-ring (bicyclic) bond motifs is 2. The first-order valence-electron chi connectivity index (χ1n) is 12.0. The molecule has 0 saturated carbocycles. The Kier molecular flexibility index (Phi) is 5.43. The van der Waals surface area contributed by atoms with Gasteiger partial charge in [-0.05, 0) is 49.6 Å². The van der Waals surface area contributed by atoms with Crippen LogP contribution in [-0.4, -0.2) is 49.8 Å². The first-order valence-corrected chi connectivity index (χ1v) is 12.0. The van der Waals surface area contributed by atoms with Gasteiger partial charge in [0.25, 0.3) is 0 Å². The minimum Gasteiger partial charge on any atom is -0.370 e. The molecule has 3 N–H and O–H groups in total. The molecule has 1 aliphatic rings. The van der Waals surface area contributed by atoms with Crippen LogP contribution in [0.25, 0.3) is 44.5 Å². The van der Waals surface area contributed by atoms with Gasteiger partial charge >= 0.3 is 0 Å². The predicted octanol–water partition coefficient (Wildman–Crippen LogP) is 4.66. The zero-order valence-electron chi connectivity index (χ0n) is 19.3. The van der Waals surface area contributed by atoms with E-state index in [9.17, 15) is 0 Å². The van der Waals surface area contributed by atoms with Crippen LogP contribution in [0.4, 0.5) is 5.69 Å². The van der Waals surface area contributed by atoms with Crippen LogP contribution in [0.15, 0.2) is 49.2 Å². The predicted molar refractivity (Wildman–Crippen MR) is 136 cm³/mol. The van der Waals surface area contributed by atoms with Crippen molar-refractivity contribution in [3.63, 3.8) is 0 Å². The van der Waals surface area contributed by atoms with Gasteiger partial charge in [-0.3, -0.25) is 20.1 Å². The summed E-state index contributed by atoms with van der Waals surface area (Å²) in [6.07, 6.45) is 13.3. The summed E-state index contributed by atoms with van der Waals surface area (Å²) in [5.74, 6) is 0. The number of rotatable bonds is 6. The Labute approximate surface area is 197 Å². The van der Waals surface area contributed by atoms with Gasteiger partial charge in [0.1, 0.15) is 5.69 Å². The number of anilines is 1. The number of nitrogens with one attached hydrogen (secondary N) is 3. The van der Waals surface area contributed by atoms with Crippen LogP contribution in [0.2, 0.25) is 0 Å². The fourth-order valence-electron chi connectivity index (χ4n) is 4.82. The number of aromatic amines is 2. The maximum Gasteiger partial charge on any atom is 0.116 e. The van der Waals surface area contributed by atoms with Crippen molar-refractivity contribution in [3.8, 4) is 22.6 Å². The molecule has 0 aromatic carbocycles. The molecule has 0 radical (unpaired) electrons. The molecule has 0 aliphatic carbocycles. The van der Waals surface area contributed by atoms with E-state index in [0.717, 1.165) is 70.8 Å². The third-order valence-electron chi connectivity index (χ3n) is 6.59. The van der Waals surface area contributed by atoms with Crippen LogP contribution in [0.5, 0.6) is 0 Å². The monoisotopic (exact) mass is 452 g/mol. The molecular weight excluding hydrogens is 424 g/mol. The molecule has 0 amide bonds. The van der Waals surface area contributed by atoms with Gasteiger partial charge in [0.05, 0.1) is 46.7 Å². The van der Waals surface area contributed by atoms with E-state index in [1.165, 1.54) is 30.3 Å². The van der Waals surface area contributed by atoms with Crippen molar-refractivity contribution in [2.45, 2.75) is 32.7 Å². The zero-order valence-corrected chi connectivity index (χ0v) is 19.3. The number of hydrogen-bond acceptors (Lipinski definition) is 6. The van der Waals surface area contributed by atoms with Crippen LogP contribution in [0.1, 0.15) is 31.7 Å². The maximum absolute atomic E-state index is 4.67. The van der Waals surface area contributed by atoms with Gasteiger partial charge in [0, 0.05) is 48.4 Å². The fraction of sp³-hybridized carbons (Fsp3) is 0.308. The number of nitrogens with zero attached hydrogens (tertiary/aromatic N) is 5. The summed E-state index contributed by atoms with van der Waals surface area (Å²) in [5, 5.41) is 13.4. The summed E-state index contributed by atoms with van der Waals surface area (Å²) >= 11 is 0. The molecule has 0 atom stereocenters. The first kappa shape index (κ1) is 20.8. The normalized spacial score (nSPS) is 14.3. The van der Waals surface area contributed by atoms with E-state index in [0.29, 0.717) is 0 Å². The van der Waals surface area contributed by atoms with Crippen LogP contribution in [0.3, 0.4) is 0 Å². The molecule has 1 saturated heterocycles. The van der Waals surface area contributed by atoms with E-state index in [4.69, 9.17) is 0 Å². The number of aromatic nitrogens is 6. The third kappa shape index (κ3) is 3.80. The summed E-state index contributed by atoms with van der Waals surface area (Å²) in [7, 11) is 0. The van der Waals surface area contributed by atoms with Gasteiger partial charge in [0.15, 0.2) is 0 Å². The standard InChI is InChI=1S/C26H28N8/c1-2-27-11-17-8-18(13-28-12-17)21-10-20-24(15-30-21)32-33-26(20)22-9-19-23(31-22)14-29-16-25(19)34-6-4-3-5-7-34/h8-10,12-16,27,31H,2-7,11H2,1H3,(H,32,33). The van der Waals surface area contributed by atoms with Crippen LogP contribution < -0.4 is 10.2 Å². The van der Waals surface area contributed by atoms with E-state index < -0.39 is 0 Å². The number of piperidine rings is 1. The van der Waals surface area contributed by atoms with E-state index in [1.54, 1.807) is 0 Å². The highest BCUT2D eigenvalue weighted by Crippen LogP contribution is 2.34. The molecule has 0 spiro atoms. The van der Waals surface area contributed by atoms with Gasteiger partial charge in [-0.25, -0.2) is 0 Å². The second-order valence-corrected chi connectivity index (χ2v) is 8.90. The molecule has 8 nitrogen and oxygen atoms in total. The van der Waals surface area contributed by atoms with Crippen molar-refractivity contribution in [1.29, 1.82) is 0 Å². The van der Waals surface area contributed by atoms with E-state index >= 15 is 0 Å². The second-order valence-electron chi connectivity index (χ2n) is 8.90. The quantitative estimate of drug-likeness (QED) is 0.347. The minimum absolute atomic E-state index is 0.791. The smallest absolute Gasteiger partial charge is 0.116 e. The summed E-state index contributed by atoms with van der Waals surface area (Å²) < 4.78 is 0. The Morgan fingerprint density at radius 1 is 0.912 bits per heavy atom. The molecule has 1 fully saturated rings. The van der Waals surface area contributed by atoms with Gasteiger partial charge in [-0.15, -0.1) is 0 Å². The lowest BCUT2D eigenvalue weighted by atomic mass is 10.1. The van der Waals surface area contributed by atoms with Gasteiger partial charge in [-0.2, -0.15) is 5.10 Å². The molecule has 34 heavy (non-hydrogen) atoms. The van der Waals surface area contributed by atoms with Crippen molar-refractivity contribution in [2.75, 3.05) is 24.5 Å². The highest BCUT2D eigenvalue weighted by molar-refractivity contribution is 6.00. The van der Waals surface area contributed by atoms with Crippen LogP contribution in [-0.2, 0) is 6.54 Å². The lowest BCUT2D eigenvalue weighted by molar-refractivity contribution is 0.578. The third-order valence-corrected chi connectivity index (χ3v) is 6.59. The van der Waals surface area contributed by atoms with Crippen molar-refractivity contribution >= 4 is 27.5 Å². The Hall–Kier alpha value is -3.78. The molecule has 5 aromatic heterocycles. The Balaban J connectivity index is 1.40. The van der Waals surface area contributed by atoms with Crippen LogP contribution >= 0.6 is 0 Å². The largest absolute Gasteiger partial charge is 0.370 e. The average Bonchev–Trinajstić information content (AvgIpc) is 3.51. The Bertz CT molecular complexity index is 1440. The molecule has 1 aliphatic heterocycles. The lowest BCUT2D eigenvalue weighted by Crippen LogP contribution is -2.29. The summed E-state index contributed by atoms with van der Waals surface area (Å²) in [5.41, 5.74) is 8.02. The molecule has 0 unspecified atom stereocenters. The molecule has 172 valence electrons. The van der Waals surface area contributed by atoms with E-state index in [-0.39, 0.29) is 0 Å². The maximum atomic E-state index is 4.67. The van der Waals surface area contributed by atoms with Gasteiger partial charge in [0.2, 0.25) is 0 Å². The van der Waals surface area contributed by atoms with Gasteiger partial charge < -0.3 is 15.2 Å². The number of pyridine rings is 3. The molecule has 0 bridgehead atoms. The molecule has 6 rings (SSSR count). The second kappa shape index (κ2) is 8.87. The zero-order chi connectivity index (χ0) is 22.9. The van der Waals surface area contributed by atoms with E-state index in [1.807, 2.05) is 31.0 Å². The minimum atomic E-state index is 0.791. The Morgan fingerprint density at radius 3 is 2.68 bits per heavy atom. The van der Waals surface area contributed by atoms with Crippen molar-refractivity contribution in [3.05, 3.63) is 54.7 Å². The molecular formula is C26H28N8. The molecule has 8 heteroatoms. The SMILES string of the molecule is CCNCc1cncc(-c2cc3c(-c4cc5c(N6CCCCC6)cncc5[nH]4)n[nH]c3cn2)c1.